The molecule has 3 atom stereocenters. The summed E-state index contributed by atoms with van der Waals surface area (Å²) < 4.78 is 10.7. The summed E-state index contributed by atoms with van der Waals surface area (Å²) in [6.45, 7) is 8.25. The van der Waals surface area contributed by atoms with E-state index in [2.05, 4.69) is 5.32 Å². The van der Waals surface area contributed by atoms with Gasteiger partial charge in [0, 0.05) is 32.3 Å². The Morgan fingerprint density at radius 3 is 2.68 bits per heavy atom. The van der Waals surface area contributed by atoms with Crippen LogP contribution in [0.4, 0.5) is 4.79 Å². The van der Waals surface area contributed by atoms with Crippen molar-refractivity contribution < 1.29 is 14.3 Å². The second kappa shape index (κ2) is 7.64. The first-order chi connectivity index (χ1) is 10.4. The molecule has 0 aromatic rings. The van der Waals surface area contributed by atoms with E-state index in [4.69, 9.17) is 9.47 Å². The monoisotopic (exact) mass is 312 g/mol. The molecule has 5 nitrogen and oxygen atoms in total. The van der Waals surface area contributed by atoms with E-state index >= 15 is 0 Å². The maximum atomic E-state index is 12.5. The van der Waals surface area contributed by atoms with Crippen LogP contribution in [0.2, 0.25) is 0 Å². The van der Waals surface area contributed by atoms with Crippen molar-refractivity contribution in [2.75, 3.05) is 26.8 Å². The summed E-state index contributed by atoms with van der Waals surface area (Å²) in [5, 5.41) is 3.61. The average molecular weight is 312 g/mol. The number of nitrogens with zero attached hydrogens (tertiary/aromatic N) is 1. The number of amides is 1. The van der Waals surface area contributed by atoms with Crippen LogP contribution in [0.5, 0.6) is 0 Å². The lowest BCUT2D eigenvalue weighted by Crippen LogP contribution is -2.48. The number of ether oxygens (including phenoxy) is 2. The summed E-state index contributed by atoms with van der Waals surface area (Å²) in [7, 11) is 1.73. The number of nitrogens with one attached hydrogen (secondary N) is 1. The van der Waals surface area contributed by atoms with Gasteiger partial charge in [0.15, 0.2) is 0 Å². The number of hydrogen-bond acceptors (Lipinski definition) is 4. The van der Waals surface area contributed by atoms with Gasteiger partial charge in [0.25, 0.3) is 0 Å². The summed E-state index contributed by atoms with van der Waals surface area (Å²) in [6, 6.07) is 0.834. The van der Waals surface area contributed by atoms with Crippen molar-refractivity contribution in [3.8, 4) is 0 Å². The fourth-order valence-electron chi connectivity index (χ4n) is 3.83. The van der Waals surface area contributed by atoms with Gasteiger partial charge in [-0.25, -0.2) is 4.79 Å². The summed E-state index contributed by atoms with van der Waals surface area (Å²) in [4.78, 5) is 14.4. The molecule has 1 saturated heterocycles. The molecular formula is C17H32N2O3. The van der Waals surface area contributed by atoms with Gasteiger partial charge in [0.2, 0.25) is 0 Å². The number of carbonyl (C=O) groups is 1. The maximum absolute atomic E-state index is 12.5. The summed E-state index contributed by atoms with van der Waals surface area (Å²) >= 11 is 0. The minimum Gasteiger partial charge on any atom is -0.444 e. The highest BCUT2D eigenvalue weighted by Crippen LogP contribution is 2.36. The maximum Gasteiger partial charge on any atom is 0.410 e. The Hall–Kier alpha value is -0.810. The van der Waals surface area contributed by atoms with Crippen LogP contribution in [0.3, 0.4) is 0 Å². The Kier molecular flexibility index (Phi) is 6.09. The van der Waals surface area contributed by atoms with Gasteiger partial charge in [-0.2, -0.15) is 0 Å². The Balaban J connectivity index is 1.95. The number of likely N-dealkylation sites (tertiary alicyclic amines) is 1. The number of carbonyl (C=O) groups excluding carboxylic acids is 1. The molecule has 0 spiro atoms. The van der Waals surface area contributed by atoms with Crippen LogP contribution < -0.4 is 5.32 Å². The minimum atomic E-state index is -0.421. The molecule has 3 unspecified atom stereocenters. The molecule has 5 heteroatoms. The van der Waals surface area contributed by atoms with Gasteiger partial charge in [-0.05, 0) is 52.4 Å². The van der Waals surface area contributed by atoms with Crippen LogP contribution in [0.15, 0.2) is 0 Å². The highest BCUT2D eigenvalue weighted by molar-refractivity contribution is 5.69. The molecule has 128 valence electrons. The fourth-order valence-corrected chi connectivity index (χ4v) is 3.83. The third kappa shape index (κ3) is 4.59. The zero-order valence-electron chi connectivity index (χ0n) is 14.6. The molecular weight excluding hydrogens is 280 g/mol. The summed E-state index contributed by atoms with van der Waals surface area (Å²) in [5.74, 6) is 0.548. The van der Waals surface area contributed by atoms with E-state index in [9.17, 15) is 4.79 Å². The second-order valence-corrected chi connectivity index (χ2v) is 7.53. The predicted molar refractivity (Wildman–Crippen MR) is 87.0 cm³/mol. The molecule has 0 aromatic heterocycles. The van der Waals surface area contributed by atoms with E-state index in [1.54, 1.807) is 7.11 Å². The highest BCUT2D eigenvalue weighted by Gasteiger charge is 2.41. The van der Waals surface area contributed by atoms with E-state index < -0.39 is 5.60 Å². The second-order valence-electron chi connectivity index (χ2n) is 7.53. The Morgan fingerprint density at radius 2 is 2.00 bits per heavy atom. The molecule has 2 aliphatic rings. The molecule has 2 rings (SSSR count). The zero-order valence-corrected chi connectivity index (χ0v) is 14.6. The first kappa shape index (κ1) is 17.5. The molecule has 1 saturated carbocycles. The lowest BCUT2D eigenvalue weighted by atomic mass is 9.92. The largest absolute Gasteiger partial charge is 0.444 e. The SMILES string of the molecule is COCCNC1CCCC1C1CCCN1C(=O)OC(C)(C)C. The van der Waals surface area contributed by atoms with Crippen molar-refractivity contribution >= 4 is 6.09 Å². The lowest BCUT2D eigenvalue weighted by molar-refractivity contribution is 0.0166. The van der Waals surface area contributed by atoms with Crippen LogP contribution in [0, 0.1) is 5.92 Å². The molecule has 1 heterocycles. The quantitative estimate of drug-likeness (QED) is 0.793. The van der Waals surface area contributed by atoms with Crippen LogP contribution in [0.1, 0.15) is 52.9 Å². The Morgan fingerprint density at radius 1 is 1.23 bits per heavy atom. The van der Waals surface area contributed by atoms with Gasteiger partial charge >= 0.3 is 6.09 Å². The van der Waals surface area contributed by atoms with Gasteiger partial charge in [-0.3, -0.25) is 0 Å². The van der Waals surface area contributed by atoms with E-state index in [0.29, 0.717) is 18.0 Å². The number of methoxy groups -OCH3 is 1. The van der Waals surface area contributed by atoms with Crippen LogP contribution >= 0.6 is 0 Å². The first-order valence-electron chi connectivity index (χ1n) is 8.64. The molecule has 0 bridgehead atoms. The van der Waals surface area contributed by atoms with E-state index in [1.807, 2.05) is 25.7 Å². The standard InChI is InChI=1S/C17H32N2O3/c1-17(2,3)22-16(20)19-11-6-9-15(19)13-7-5-8-14(13)18-10-12-21-4/h13-15,18H,5-12H2,1-4H3. The molecule has 2 fully saturated rings. The van der Waals surface area contributed by atoms with Crippen molar-refractivity contribution in [1.29, 1.82) is 0 Å². The van der Waals surface area contributed by atoms with Gasteiger partial charge in [0.1, 0.15) is 5.60 Å². The van der Waals surface area contributed by atoms with Crippen molar-refractivity contribution in [2.24, 2.45) is 5.92 Å². The topological polar surface area (TPSA) is 50.8 Å². The molecule has 0 radical (unpaired) electrons. The summed E-state index contributed by atoms with van der Waals surface area (Å²) in [6.07, 6.45) is 5.70. The van der Waals surface area contributed by atoms with Crippen molar-refractivity contribution in [1.82, 2.24) is 10.2 Å². The van der Waals surface area contributed by atoms with E-state index in [-0.39, 0.29) is 6.09 Å². The smallest absolute Gasteiger partial charge is 0.410 e. The van der Waals surface area contributed by atoms with Crippen LogP contribution in [-0.2, 0) is 9.47 Å². The first-order valence-corrected chi connectivity index (χ1v) is 8.64. The van der Waals surface area contributed by atoms with E-state index in [1.165, 1.54) is 19.3 Å². The van der Waals surface area contributed by atoms with Crippen LogP contribution in [-0.4, -0.2) is 55.5 Å². The van der Waals surface area contributed by atoms with Crippen molar-refractivity contribution in [3.05, 3.63) is 0 Å². The Bertz CT molecular complexity index is 367. The Labute approximate surface area is 134 Å². The molecule has 1 aliphatic heterocycles. The highest BCUT2D eigenvalue weighted by atomic mass is 16.6. The fraction of sp³-hybridized carbons (Fsp3) is 0.941. The molecule has 0 aromatic carbocycles. The van der Waals surface area contributed by atoms with Crippen LogP contribution in [0.25, 0.3) is 0 Å². The van der Waals surface area contributed by atoms with Gasteiger partial charge in [-0.15, -0.1) is 0 Å². The minimum absolute atomic E-state index is 0.141. The summed E-state index contributed by atoms with van der Waals surface area (Å²) in [5.41, 5.74) is -0.421. The third-order valence-corrected chi connectivity index (χ3v) is 4.70. The van der Waals surface area contributed by atoms with Gasteiger partial charge in [0.05, 0.1) is 6.61 Å². The van der Waals surface area contributed by atoms with Gasteiger partial charge < -0.3 is 19.7 Å². The van der Waals surface area contributed by atoms with E-state index in [0.717, 1.165) is 32.5 Å². The van der Waals surface area contributed by atoms with Crippen molar-refractivity contribution in [3.63, 3.8) is 0 Å². The molecule has 1 N–H and O–H groups in total. The lowest BCUT2D eigenvalue weighted by Gasteiger charge is -2.34. The zero-order chi connectivity index (χ0) is 16.2. The van der Waals surface area contributed by atoms with Crippen molar-refractivity contribution in [2.45, 2.75) is 70.6 Å². The molecule has 1 aliphatic carbocycles. The molecule has 22 heavy (non-hydrogen) atoms. The number of rotatable bonds is 5. The molecule has 1 amide bonds. The third-order valence-electron chi connectivity index (χ3n) is 4.70. The predicted octanol–water partition coefficient (Wildman–Crippen LogP) is 2.79. The average Bonchev–Trinajstić information content (AvgIpc) is 3.04. The van der Waals surface area contributed by atoms with Gasteiger partial charge in [-0.1, -0.05) is 6.42 Å². The normalized spacial score (nSPS) is 29.1. The number of hydrogen-bond donors (Lipinski definition) is 1.